The summed E-state index contributed by atoms with van der Waals surface area (Å²) in [4.78, 5) is 38.6. The number of ether oxygens (including phenoxy) is 1. The number of halogens is 3. The maximum absolute atomic E-state index is 13.0. The van der Waals surface area contributed by atoms with Crippen LogP contribution in [0.2, 0.25) is 0 Å². The fraction of sp³-hybridized carbons (Fsp3) is 0.100. The summed E-state index contributed by atoms with van der Waals surface area (Å²) < 4.78 is 7.22. The molecular weight excluding hydrogens is 586 g/mol. The molecule has 0 aromatic heterocycles. The van der Waals surface area contributed by atoms with Crippen molar-refractivity contribution in [1.29, 1.82) is 5.26 Å². The van der Waals surface area contributed by atoms with Gasteiger partial charge in [-0.05, 0) is 86.3 Å². The van der Waals surface area contributed by atoms with Crippen LogP contribution in [0.1, 0.15) is 11.1 Å². The van der Waals surface area contributed by atoms with Gasteiger partial charge in [0.15, 0.2) is 6.61 Å². The highest BCUT2D eigenvalue weighted by Crippen LogP contribution is 2.36. The number of carbonyl (C=O) groups excluding carboxylic acids is 3. The summed E-state index contributed by atoms with van der Waals surface area (Å²) in [5.74, 6) is -1.10. The average Bonchev–Trinajstić information content (AvgIpc) is 2.67. The van der Waals surface area contributed by atoms with Gasteiger partial charge in [-0.3, -0.25) is 14.9 Å². The number of urea groups is 1. The lowest BCUT2D eigenvalue weighted by atomic mass is 10.1. The molecule has 1 N–H and O–H groups in total. The third-order valence-corrected chi connectivity index (χ3v) is 6.18. The van der Waals surface area contributed by atoms with Crippen molar-refractivity contribution in [1.82, 2.24) is 5.32 Å². The van der Waals surface area contributed by atoms with Gasteiger partial charge in [0.05, 0.1) is 14.6 Å². The first kappa shape index (κ1) is 22.2. The van der Waals surface area contributed by atoms with E-state index >= 15 is 0 Å². The van der Waals surface area contributed by atoms with Crippen molar-refractivity contribution in [3.63, 3.8) is 0 Å². The van der Waals surface area contributed by atoms with Gasteiger partial charge in [-0.15, -0.1) is 0 Å². The number of aryl methyl sites for hydroxylation is 1. The number of imide groups is 2. The van der Waals surface area contributed by atoms with Crippen molar-refractivity contribution in [3.8, 4) is 11.8 Å². The molecule has 7 nitrogen and oxygen atoms in total. The summed E-state index contributed by atoms with van der Waals surface area (Å²) in [6.45, 7) is 1.69. The molecule has 10 heteroatoms. The van der Waals surface area contributed by atoms with Gasteiger partial charge in [0.25, 0.3) is 11.8 Å². The lowest BCUT2D eigenvalue weighted by Gasteiger charge is -2.26. The zero-order chi connectivity index (χ0) is 22.0. The molecule has 0 unspecified atom stereocenters. The Morgan fingerprint density at radius 3 is 2.37 bits per heavy atom. The molecule has 2 aromatic rings. The van der Waals surface area contributed by atoms with Gasteiger partial charge in [0.1, 0.15) is 17.4 Å². The Kier molecular flexibility index (Phi) is 6.75. The summed E-state index contributed by atoms with van der Waals surface area (Å²) in [5, 5.41) is 10.9. The zero-order valence-electron chi connectivity index (χ0n) is 15.3. The molecule has 0 spiro atoms. The largest absolute Gasteiger partial charge is 0.476 e. The highest BCUT2D eigenvalue weighted by Gasteiger charge is 2.37. The molecule has 0 bridgehead atoms. The number of rotatable bonds is 4. The van der Waals surface area contributed by atoms with E-state index in [1.54, 1.807) is 30.3 Å². The van der Waals surface area contributed by atoms with Crippen LogP contribution in [0.3, 0.4) is 0 Å². The van der Waals surface area contributed by atoms with Crippen LogP contribution in [0.4, 0.5) is 10.5 Å². The fourth-order valence-corrected chi connectivity index (χ4v) is 4.43. The van der Waals surface area contributed by atoms with Crippen molar-refractivity contribution in [2.45, 2.75) is 6.92 Å². The predicted molar refractivity (Wildman–Crippen MR) is 121 cm³/mol. The number of benzene rings is 2. The molecule has 0 radical (unpaired) electrons. The molecule has 1 saturated heterocycles. The van der Waals surface area contributed by atoms with Crippen LogP contribution in [0.5, 0.6) is 5.75 Å². The molecule has 2 aromatic carbocycles. The first-order chi connectivity index (χ1) is 14.2. The second kappa shape index (κ2) is 9.12. The number of barbiturate groups is 1. The van der Waals surface area contributed by atoms with E-state index in [0.29, 0.717) is 25.9 Å². The Hall–Kier alpha value is -2.48. The Morgan fingerprint density at radius 2 is 1.77 bits per heavy atom. The van der Waals surface area contributed by atoms with Gasteiger partial charge in [-0.1, -0.05) is 15.9 Å². The zero-order valence-corrected chi connectivity index (χ0v) is 20.1. The minimum atomic E-state index is -0.813. The highest BCUT2D eigenvalue weighted by molar-refractivity contribution is 9.11. The minimum absolute atomic E-state index is 0.137. The van der Waals surface area contributed by atoms with E-state index in [2.05, 4.69) is 53.1 Å². The second-order valence-electron chi connectivity index (χ2n) is 6.15. The van der Waals surface area contributed by atoms with Crippen LogP contribution in [0.15, 0.2) is 49.3 Å². The van der Waals surface area contributed by atoms with E-state index in [1.807, 2.05) is 13.0 Å². The standard InChI is InChI=1S/C20H12Br3N3O4/c1-10-6-12(2-3-14(10)21)26-19(28)13(18(27)25-20(26)29)7-11-8-15(22)17(16(23)9-11)30-5-4-24/h2-3,6-9H,5H2,1H3,(H,25,27,29)/b13-7+. The Labute approximate surface area is 197 Å². The number of nitrogens with zero attached hydrogens (tertiary/aromatic N) is 2. The van der Waals surface area contributed by atoms with E-state index < -0.39 is 17.8 Å². The molecule has 1 heterocycles. The molecule has 1 fully saturated rings. The lowest BCUT2D eigenvalue weighted by molar-refractivity contribution is -0.122. The van der Waals surface area contributed by atoms with E-state index in [4.69, 9.17) is 10.00 Å². The maximum Gasteiger partial charge on any atom is 0.335 e. The molecule has 4 amide bonds. The van der Waals surface area contributed by atoms with Gasteiger partial charge in [-0.2, -0.15) is 5.26 Å². The summed E-state index contributed by atoms with van der Waals surface area (Å²) in [7, 11) is 0. The molecule has 152 valence electrons. The fourth-order valence-electron chi connectivity index (χ4n) is 2.73. The topological polar surface area (TPSA) is 99.5 Å². The van der Waals surface area contributed by atoms with Gasteiger partial charge in [-0.25, -0.2) is 9.69 Å². The van der Waals surface area contributed by atoms with E-state index in [0.717, 1.165) is 14.9 Å². The monoisotopic (exact) mass is 595 g/mol. The summed E-state index contributed by atoms with van der Waals surface area (Å²) in [5.41, 5.74) is 1.49. The Balaban J connectivity index is 2.00. The SMILES string of the molecule is Cc1cc(N2C(=O)NC(=O)/C(=C\c3cc(Br)c(OCC#N)c(Br)c3)C2=O)ccc1Br. The summed E-state index contributed by atoms with van der Waals surface area (Å²) in [6.07, 6.45) is 1.38. The summed E-state index contributed by atoms with van der Waals surface area (Å²) in [6, 6.07) is 9.34. The van der Waals surface area contributed by atoms with E-state index in [-0.39, 0.29) is 12.2 Å². The molecule has 30 heavy (non-hydrogen) atoms. The maximum atomic E-state index is 13.0. The van der Waals surface area contributed by atoms with E-state index in [1.165, 1.54) is 6.08 Å². The molecule has 0 aliphatic carbocycles. The summed E-state index contributed by atoms with van der Waals surface area (Å²) >= 11 is 10.1. The number of anilines is 1. The molecule has 1 aliphatic rings. The second-order valence-corrected chi connectivity index (χ2v) is 8.71. The Morgan fingerprint density at radius 1 is 1.10 bits per heavy atom. The quantitative estimate of drug-likeness (QED) is 0.401. The van der Waals surface area contributed by atoms with Crippen molar-refractivity contribution in [3.05, 3.63) is 60.5 Å². The van der Waals surface area contributed by atoms with Gasteiger partial charge < -0.3 is 4.74 Å². The molecule has 0 atom stereocenters. The smallest absolute Gasteiger partial charge is 0.335 e. The Bertz CT molecular complexity index is 1130. The lowest BCUT2D eigenvalue weighted by Crippen LogP contribution is -2.54. The number of hydrogen-bond donors (Lipinski definition) is 1. The predicted octanol–water partition coefficient (Wildman–Crippen LogP) is 4.85. The van der Waals surface area contributed by atoms with Crippen molar-refractivity contribution >= 4 is 77.4 Å². The van der Waals surface area contributed by atoms with Crippen LogP contribution < -0.4 is 15.0 Å². The number of nitriles is 1. The molecular formula is C20H12Br3N3O4. The number of hydrogen-bond acceptors (Lipinski definition) is 5. The molecule has 3 rings (SSSR count). The van der Waals surface area contributed by atoms with Crippen LogP contribution in [0.25, 0.3) is 6.08 Å². The van der Waals surface area contributed by atoms with Crippen LogP contribution >= 0.6 is 47.8 Å². The molecule has 0 saturated carbocycles. The van der Waals surface area contributed by atoms with Gasteiger partial charge in [0, 0.05) is 4.47 Å². The van der Waals surface area contributed by atoms with E-state index in [9.17, 15) is 14.4 Å². The van der Waals surface area contributed by atoms with Crippen molar-refractivity contribution in [2.24, 2.45) is 0 Å². The van der Waals surface area contributed by atoms with Crippen molar-refractivity contribution < 1.29 is 19.1 Å². The first-order valence-electron chi connectivity index (χ1n) is 8.39. The van der Waals surface area contributed by atoms with Crippen LogP contribution in [-0.2, 0) is 9.59 Å². The van der Waals surface area contributed by atoms with Crippen LogP contribution in [-0.4, -0.2) is 24.5 Å². The third-order valence-electron chi connectivity index (χ3n) is 4.11. The number of carbonyl (C=O) groups is 3. The average molecular weight is 598 g/mol. The van der Waals surface area contributed by atoms with Crippen molar-refractivity contribution in [2.75, 3.05) is 11.5 Å². The number of nitrogens with one attached hydrogen (secondary N) is 1. The van der Waals surface area contributed by atoms with Crippen LogP contribution in [0, 0.1) is 18.3 Å². The van der Waals surface area contributed by atoms with Gasteiger partial charge >= 0.3 is 6.03 Å². The normalized spacial score (nSPS) is 15.2. The first-order valence-corrected chi connectivity index (χ1v) is 10.8. The number of amides is 4. The van der Waals surface area contributed by atoms with Gasteiger partial charge in [0.2, 0.25) is 0 Å². The highest BCUT2D eigenvalue weighted by atomic mass is 79.9. The molecule has 1 aliphatic heterocycles. The minimum Gasteiger partial charge on any atom is -0.476 e. The third kappa shape index (κ3) is 4.48.